The molecular formula is C15H22BrClN2O. The Morgan fingerprint density at radius 2 is 2.20 bits per heavy atom. The molecule has 0 bridgehead atoms. The largest absolute Gasteiger partial charge is 0.336 e. The summed E-state index contributed by atoms with van der Waals surface area (Å²) in [6.07, 6.45) is 2.56. The van der Waals surface area contributed by atoms with E-state index in [-0.39, 0.29) is 18.3 Å². The van der Waals surface area contributed by atoms with Crippen LogP contribution in [-0.2, 0) is 17.8 Å². The van der Waals surface area contributed by atoms with Crippen molar-refractivity contribution >= 4 is 34.2 Å². The third-order valence-corrected chi connectivity index (χ3v) is 4.50. The van der Waals surface area contributed by atoms with Gasteiger partial charge in [-0.2, -0.15) is 0 Å². The molecule has 1 aliphatic heterocycles. The number of benzene rings is 1. The number of carbonyl (C=O) groups excluding carboxylic acids is 1. The van der Waals surface area contributed by atoms with Crippen LogP contribution in [0.15, 0.2) is 22.7 Å². The van der Waals surface area contributed by atoms with Gasteiger partial charge in [0.1, 0.15) is 0 Å². The summed E-state index contributed by atoms with van der Waals surface area (Å²) in [6.45, 7) is 5.32. The van der Waals surface area contributed by atoms with Crippen molar-refractivity contribution < 1.29 is 4.79 Å². The van der Waals surface area contributed by atoms with Crippen molar-refractivity contribution in [1.82, 2.24) is 4.90 Å². The van der Waals surface area contributed by atoms with Crippen molar-refractivity contribution in [3.05, 3.63) is 33.8 Å². The van der Waals surface area contributed by atoms with Crippen LogP contribution < -0.4 is 5.73 Å². The molecule has 2 N–H and O–H groups in total. The first-order chi connectivity index (χ1) is 8.95. The predicted octanol–water partition coefficient (Wildman–Crippen LogP) is 3.27. The van der Waals surface area contributed by atoms with E-state index in [1.165, 1.54) is 11.1 Å². The van der Waals surface area contributed by atoms with Gasteiger partial charge in [0.2, 0.25) is 5.91 Å². The molecule has 0 aliphatic carbocycles. The summed E-state index contributed by atoms with van der Waals surface area (Å²) < 4.78 is 1.08. The van der Waals surface area contributed by atoms with E-state index >= 15 is 0 Å². The lowest BCUT2D eigenvalue weighted by molar-refractivity contribution is -0.137. The molecule has 1 unspecified atom stereocenters. The summed E-state index contributed by atoms with van der Waals surface area (Å²) in [5.74, 6) is 0.0655. The van der Waals surface area contributed by atoms with Crippen LogP contribution in [-0.4, -0.2) is 22.9 Å². The Balaban J connectivity index is 0.00000200. The molecule has 1 aromatic rings. The van der Waals surface area contributed by atoms with Crippen molar-refractivity contribution in [2.24, 2.45) is 5.73 Å². The molecule has 0 saturated heterocycles. The molecule has 0 fully saturated rings. The average molecular weight is 362 g/mol. The Labute approximate surface area is 135 Å². The molecular weight excluding hydrogens is 340 g/mol. The number of halogens is 2. The predicted molar refractivity (Wildman–Crippen MR) is 88.0 cm³/mol. The van der Waals surface area contributed by atoms with Crippen LogP contribution in [0, 0.1) is 0 Å². The van der Waals surface area contributed by atoms with Crippen LogP contribution in [0.1, 0.15) is 37.8 Å². The van der Waals surface area contributed by atoms with E-state index in [0.717, 1.165) is 30.3 Å². The molecule has 1 amide bonds. The Morgan fingerprint density at radius 1 is 1.50 bits per heavy atom. The first-order valence-electron chi connectivity index (χ1n) is 6.80. The van der Waals surface area contributed by atoms with Crippen LogP contribution in [0.3, 0.4) is 0 Å². The zero-order valence-corrected chi connectivity index (χ0v) is 14.4. The number of rotatable bonds is 3. The van der Waals surface area contributed by atoms with Crippen LogP contribution in [0.4, 0.5) is 0 Å². The third-order valence-electron chi connectivity index (χ3n) is 3.76. The topological polar surface area (TPSA) is 46.3 Å². The number of carbonyl (C=O) groups is 1. The summed E-state index contributed by atoms with van der Waals surface area (Å²) in [7, 11) is 0. The van der Waals surface area contributed by atoms with Gasteiger partial charge in [-0.25, -0.2) is 0 Å². The Morgan fingerprint density at radius 3 is 2.85 bits per heavy atom. The first kappa shape index (κ1) is 17.5. The fourth-order valence-corrected chi connectivity index (χ4v) is 3.23. The number of nitrogens with two attached hydrogens (primary N) is 1. The van der Waals surface area contributed by atoms with Crippen molar-refractivity contribution in [2.75, 3.05) is 6.54 Å². The highest BCUT2D eigenvalue weighted by molar-refractivity contribution is 9.10. The molecule has 20 heavy (non-hydrogen) atoms. The summed E-state index contributed by atoms with van der Waals surface area (Å²) in [5, 5.41) is 0. The highest BCUT2D eigenvalue weighted by Crippen LogP contribution is 2.28. The quantitative estimate of drug-likeness (QED) is 0.898. The van der Waals surface area contributed by atoms with Gasteiger partial charge in [0.25, 0.3) is 0 Å². The van der Waals surface area contributed by atoms with Gasteiger partial charge in [0.15, 0.2) is 0 Å². The van der Waals surface area contributed by atoms with E-state index in [0.29, 0.717) is 6.54 Å². The number of amides is 1. The molecule has 0 saturated carbocycles. The average Bonchev–Trinajstić information content (AvgIpc) is 2.38. The molecule has 1 aromatic carbocycles. The van der Waals surface area contributed by atoms with Crippen LogP contribution in [0.2, 0.25) is 0 Å². The Bertz CT molecular complexity index is 491. The van der Waals surface area contributed by atoms with Gasteiger partial charge >= 0.3 is 0 Å². The van der Waals surface area contributed by atoms with Gasteiger partial charge in [-0.05, 0) is 37.0 Å². The van der Waals surface area contributed by atoms with E-state index in [1.54, 1.807) is 0 Å². The van der Waals surface area contributed by atoms with E-state index in [9.17, 15) is 4.79 Å². The van der Waals surface area contributed by atoms with Crippen molar-refractivity contribution in [1.29, 1.82) is 0 Å². The van der Waals surface area contributed by atoms with E-state index < -0.39 is 5.54 Å². The summed E-state index contributed by atoms with van der Waals surface area (Å²) >= 11 is 3.57. The maximum Gasteiger partial charge on any atom is 0.242 e. The third kappa shape index (κ3) is 3.54. The lowest BCUT2D eigenvalue weighted by atomic mass is 9.93. The normalized spacial score (nSPS) is 16.9. The summed E-state index contributed by atoms with van der Waals surface area (Å²) in [5.41, 5.74) is 7.96. The minimum absolute atomic E-state index is 0. The minimum atomic E-state index is -0.743. The van der Waals surface area contributed by atoms with Gasteiger partial charge in [-0.15, -0.1) is 12.4 Å². The number of nitrogens with zero attached hydrogens (tertiary/aromatic N) is 1. The molecule has 1 heterocycles. The van der Waals surface area contributed by atoms with Crippen molar-refractivity contribution in [3.63, 3.8) is 0 Å². The second-order valence-electron chi connectivity index (χ2n) is 5.52. The molecule has 5 heteroatoms. The van der Waals surface area contributed by atoms with Gasteiger partial charge in [0.05, 0.1) is 5.54 Å². The van der Waals surface area contributed by atoms with Gasteiger partial charge in [-0.1, -0.05) is 41.4 Å². The zero-order chi connectivity index (χ0) is 14.0. The molecule has 1 atom stereocenters. The first-order valence-corrected chi connectivity index (χ1v) is 7.59. The molecule has 0 radical (unpaired) electrons. The van der Waals surface area contributed by atoms with Crippen molar-refractivity contribution in [3.8, 4) is 0 Å². The SMILES string of the molecule is CCCC(C)(N)C(=O)N1CCc2cccc(Br)c2C1.Cl. The standard InChI is InChI=1S/C15H21BrN2O.ClH/c1-3-8-15(2,17)14(19)18-9-7-11-5-4-6-13(16)12(11)10-18;/h4-6H,3,7-10,17H2,1-2H3;1H. The highest BCUT2D eigenvalue weighted by Gasteiger charge is 2.33. The zero-order valence-electron chi connectivity index (χ0n) is 12.0. The molecule has 2 rings (SSSR count). The fourth-order valence-electron chi connectivity index (χ4n) is 2.70. The number of fused-ring (bicyclic) bond motifs is 1. The molecule has 3 nitrogen and oxygen atoms in total. The number of hydrogen-bond donors (Lipinski definition) is 1. The second kappa shape index (κ2) is 6.92. The summed E-state index contributed by atoms with van der Waals surface area (Å²) in [6, 6.07) is 6.21. The molecule has 112 valence electrons. The Hall–Kier alpha value is -0.580. The molecule has 1 aliphatic rings. The summed E-state index contributed by atoms with van der Waals surface area (Å²) in [4.78, 5) is 14.4. The van der Waals surface area contributed by atoms with E-state index in [1.807, 2.05) is 24.0 Å². The minimum Gasteiger partial charge on any atom is -0.336 e. The fraction of sp³-hybridized carbons (Fsp3) is 0.533. The maximum atomic E-state index is 12.5. The number of hydrogen-bond acceptors (Lipinski definition) is 2. The lowest BCUT2D eigenvalue weighted by Gasteiger charge is -2.35. The van der Waals surface area contributed by atoms with Gasteiger partial charge in [-0.3, -0.25) is 4.79 Å². The Kier molecular flexibility index (Phi) is 6.05. The van der Waals surface area contributed by atoms with Crippen molar-refractivity contribution in [2.45, 2.75) is 45.2 Å². The van der Waals surface area contributed by atoms with Gasteiger partial charge < -0.3 is 10.6 Å². The second-order valence-corrected chi connectivity index (χ2v) is 6.38. The van der Waals surface area contributed by atoms with Crippen LogP contribution in [0.25, 0.3) is 0 Å². The lowest BCUT2D eigenvalue weighted by Crippen LogP contribution is -2.54. The molecule has 0 aromatic heterocycles. The van der Waals surface area contributed by atoms with E-state index in [2.05, 4.69) is 28.9 Å². The highest BCUT2D eigenvalue weighted by atomic mass is 79.9. The van der Waals surface area contributed by atoms with Crippen LogP contribution in [0.5, 0.6) is 0 Å². The van der Waals surface area contributed by atoms with E-state index in [4.69, 9.17) is 5.73 Å². The maximum absolute atomic E-state index is 12.5. The monoisotopic (exact) mass is 360 g/mol. The van der Waals surface area contributed by atoms with Gasteiger partial charge in [0, 0.05) is 17.6 Å². The molecule has 0 spiro atoms. The van der Waals surface area contributed by atoms with Crippen LogP contribution >= 0.6 is 28.3 Å². The smallest absolute Gasteiger partial charge is 0.242 e.